The van der Waals surface area contributed by atoms with E-state index in [1.165, 1.54) is 0 Å². The molecule has 0 aliphatic rings. The van der Waals surface area contributed by atoms with Crippen LogP contribution in [-0.4, -0.2) is 49.5 Å². The summed E-state index contributed by atoms with van der Waals surface area (Å²) in [5.74, 6) is 1.41. The van der Waals surface area contributed by atoms with Crippen LogP contribution in [0.3, 0.4) is 0 Å². The number of hydrogen-bond donors (Lipinski definition) is 3. The minimum absolute atomic E-state index is 0.00186. The van der Waals surface area contributed by atoms with Gasteiger partial charge in [0, 0.05) is 24.8 Å². The largest absolute Gasteiger partial charge is 0.355 e. The Morgan fingerprint density at radius 1 is 1.43 bits per heavy atom. The van der Waals surface area contributed by atoms with Crippen LogP contribution in [0.1, 0.15) is 6.42 Å². The molecule has 1 atom stereocenters. The molecule has 0 aliphatic carbocycles. The standard InChI is InChI=1S/C9H20N2OS2/c1-11(2)5-4-10-9(12)8(7-14)3-6-13/h8,13-14H,3-7H2,1-2H3,(H,10,12). The highest BCUT2D eigenvalue weighted by molar-refractivity contribution is 7.80. The molecule has 0 saturated heterocycles. The Morgan fingerprint density at radius 3 is 2.50 bits per heavy atom. The third-order valence-corrected chi connectivity index (χ3v) is 2.63. The maximum absolute atomic E-state index is 11.5. The van der Waals surface area contributed by atoms with Crippen molar-refractivity contribution < 1.29 is 4.79 Å². The van der Waals surface area contributed by atoms with E-state index in [9.17, 15) is 4.79 Å². The van der Waals surface area contributed by atoms with E-state index in [1.54, 1.807) is 0 Å². The van der Waals surface area contributed by atoms with Crippen LogP contribution >= 0.6 is 25.3 Å². The summed E-state index contributed by atoms with van der Waals surface area (Å²) in [7, 11) is 3.96. The van der Waals surface area contributed by atoms with E-state index in [0.717, 1.165) is 18.7 Å². The topological polar surface area (TPSA) is 32.3 Å². The lowest BCUT2D eigenvalue weighted by Gasteiger charge is -2.15. The molecule has 1 N–H and O–H groups in total. The summed E-state index contributed by atoms with van der Waals surface area (Å²) in [5, 5.41) is 2.89. The lowest BCUT2D eigenvalue weighted by Crippen LogP contribution is -2.36. The lowest BCUT2D eigenvalue weighted by atomic mass is 10.1. The number of likely N-dealkylation sites (N-methyl/N-ethyl adjacent to an activating group) is 1. The molecule has 0 aromatic rings. The van der Waals surface area contributed by atoms with Crippen molar-refractivity contribution >= 4 is 31.2 Å². The van der Waals surface area contributed by atoms with Crippen molar-refractivity contribution in [2.45, 2.75) is 6.42 Å². The summed E-state index contributed by atoms with van der Waals surface area (Å²) in [5.41, 5.74) is 0. The summed E-state index contributed by atoms with van der Waals surface area (Å²) in [6.45, 7) is 1.56. The Morgan fingerprint density at radius 2 is 2.07 bits per heavy atom. The van der Waals surface area contributed by atoms with Gasteiger partial charge in [-0.15, -0.1) is 0 Å². The zero-order valence-corrected chi connectivity index (χ0v) is 10.7. The second kappa shape index (κ2) is 8.44. The van der Waals surface area contributed by atoms with Crippen LogP contribution in [0, 0.1) is 5.92 Å². The van der Waals surface area contributed by atoms with Gasteiger partial charge in [-0.25, -0.2) is 0 Å². The summed E-state index contributed by atoms with van der Waals surface area (Å²) in [4.78, 5) is 13.6. The van der Waals surface area contributed by atoms with Gasteiger partial charge in [-0.05, 0) is 26.3 Å². The van der Waals surface area contributed by atoms with Crippen LogP contribution in [0.15, 0.2) is 0 Å². The maximum Gasteiger partial charge on any atom is 0.224 e. The molecule has 0 saturated carbocycles. The Labute approximate surface area is 97.4 Å². The van der Waals surface area contributed by atoms with Crippen molar-refractivity contribution in [1.29, 1.82) is 0 Å². The van der Waals surface area contributed by atoms with Gasteiger partial charge < -0.3 is 10.2 Å². The highest BCUT2D eigenvalue weighted by Crippen LogP contribution is 2.06. The van der Waals surface area contributed by atoms with Crippen LogP contribution < -0.4 is 5.32 Å². The molecule has 0 fully saturated rings. The molecule has 0 spiro atoms. The first-order valence-electron chi connectivity index (χ1n) is 4.76. The van der Waals surface area contributed by atoms with E-state index < -0.39 is 0 Å². The third kappa shape index (κ3) is 6.56. The van der Waals surface area contributed by atoms with Gasteiger partial charge in [0.05, 0.1) is 0 Å². The average Bonchev–Trinajstić information content (AvgIpc) is 2.13. The van der Waals surface area contributed by atoms with E-state index in [1.807, 2.05) is 19.0 Å². The molecule has 0 bridgehead atoms. The number of carbonyl (C=O) groups excluding carboxylic acids is 1. The minimum Gasteiger partial charge on any atom is -0.355 e. The van der Waals surface area contributed by atoms with Gasteiger partial charge in [0.1, 0.15) is 0 Å². The zero-order valence-electron chi connectivity index (χ0n) is 8.86. The SMILES string of the molecule is CN(C)CCNC(=O)C(CS)CCS. The van der Waals surface area contributed by atoms with Crippen LogP contribution in [0.25, 0.3) is 0 Å². The number of hydrogen-bond acceptors (Lipinski definition) is 4. The molecule has 1 unspecified atom stereocenters. The Balaban J connectivity index is 3.69. The second-order valence-electron chi connectivity index (χ2n) is 3.49. The van der Waals surface area contributed by atoms with Crippen LogP contribution in [-0.2, 0) is 4.79 Å². The Kier molecular flexibility index (Phi) is 8.52. The first-order valence-corrected chi connectivity index (χ1v) is 6.02. The number of nitrogens with one attached hydrogen (secondary N) is 1. The van der Waals surface area contributed by atoms with Crippen molar-refractivity contribution in [1.82, 2.24) is 10.2 Å². The van der Waals surface area contributed by atoms with Gasteiger partial charge in [0.25, 0.3) is 0 Å². The molecule has 0 rings (SSSR count). The molecule has 5 heteroatoms. The predicted molar refractivity (Wildman–Crippen MR) is 67.4 cm³/mol. The van der Waals surface area contributed by atoms with E-state index in [4.69, 9.17) is 0 Å². The van der Waals surface area contributed by atoms with E-state index >= 15 is 0 Å². The molecular formula is C9H20N2OS2. The number of nitrogens with zero attached hydrogens (tertiary/aromatic N) is 1. The third-order valence-electron chi connectivity index (χ3n) is 1.93. The molecule has 0 aliphatic heterocycles. The van der Waals surface area contributed by atoms with Crippen LogP contribution in [0.4, 0.5) is 0 Å². The smallest absolute Gasteiger partial charge is 0.224 e. The number of carbonyl (C=O) groups is 1. The summed E-state index contributed by atoms with van der Waals surface area (Å²) in [6.07, 6.45) is 0.792. The highest BCUT2D eigenvalue weighted by atomic mass is 32.1. The molecular weight excluding hydrogens is 216 g/mol. The fourth-order valence-corrected chi connectivity index (χ4v) is 1.67. The minimum atomic E-state index is -0.00186. The van der Waals surface area contributed by atoms with Gasteiger partial charge >= 0.3 is 0 Å². The maximum atomic E-state index is 11.5. The highest BCUT2D eigenvalue weighted by Gasteiger charge is 2.14. The first-order chi connectivity index (χ1) is 6.61. The van der Waals surface area contributed by atoms with E-state index in [-0.39, 0.29) is 11.8 Å². The fraction of sp³-hybridized carbons (Fsp3) is 0.889. The van der Waals surface area contributed by atoms with Gasteiger partial charge in [0.2, 0.25) is 5.91 Å². The Bertz CT molecular complexity index is 165. The van der Waals surface area contributed by atoms with E-state index in [0.29, 0.717) is 12.3 Å². The molecule has 84 valence electrons. The quantitative estimate of drug-likeness (QED) is 0.564. The summed E-state index contributed by atoms with van der Waals surface area (Å²) >= 11 is 8.26. The summed E-state index contributed by atoms with van der Waals surface area (Å²) < 4.78 is 0. The Hall–Kier alpha value is 0.130. The van der Waals surface area contributed by atoms with Gasteiger partial charge in [-0.2, -0.15) is 25.3 Å². The van der Waals surface area contributed by atoms with Crippen molar-refractivity contribution in [3.63, 3.8) is 0 Å². The summed E-state index contributed by atoms with van der Waals surface area (Å²) in [6, 6.07) is 0. The molecule has 1 amide bonds. The van der Waals surface area contributed by atoms with Crippen molar-refractivity contribution in [3.8, 4) is 0 Å². The van der Waals surface area contributed by atoms with Crippen molar-refractivity contribution in [2.24, 2.45) is 5.92 Å². The van der Waals surface area contributed by atoms with Gasteiger partial charge in [0.15, 0.2) is 0 Å². The van der Waals surface area contributed by atoms with Gasteiger partial charge in [-0.1, -0.05) is 0 Å². The molecule has 3 nitrogen and oxygen atoms in total. The van der Waals surface area contributed by atoms with Crippen molar-refractivity contribution in [2.75, 3.05) is 38.7 Å². The normalized spacial score (nSPS) is 12.9. The number of rotatable bonds is 7. The second-order valence-corrected chi connectivity index (χ2v) is 4.30. The number of thiol groups is 2. The molecule has 14 heavy (non-hydrogen) atoms. The number of amides is 1. The average molecular weight is 236 g/mol. The first kappa shape index (κ1) is 14.1. The van der Waals surface area contributed by atoms with Crippen molar-refractivity contribution in [3.05, 3.63) is 0 Å². The van der Waals surface area contributed by atoms with Crippen LogP contribution in [0.5, 0.6) is 0 Å². The van der Waals surface area contributed by atoms with Gasteiger partial charge in [-0.3, -0.25) is 4.79 Å². The molecule has 0 aromatic heterocycles. The zero-order chi connectivity index (χ0) is 11.0. The molecule has 0 aromatic carbocycles. The molecule has 0 heterocycles. The van der Waals surface area contributed by atoms with Crippen LogP contribution in [0.2, 0.25) is 0 Å². The van der Waals surface area contributed by atoms with E-state index in [2.05, 4.69) is 30.6 Å². The molecule has 0 radical (unpaired) electrons. The predicted octanol–water partition coefficient (Wildman–Crippen LogP) is 0.530. The fourth-order valence-electron chi connectivity index (χ4n) is 1.01. The lowest BCUT2D eigenvalue weighted by molar-refractivity contribution is -0.124. The monoisotopic (exact) mass is 236 g/mol.